The molecule has 2 aromatic rings. The van der Waals surface area contributed by atoms with Gasteiger partial charge in [-0.25, -0.2) is 4.98 Å². The maximum absolute atomic E-state index is 12.3. The Kier molecular flexibility index (Phi) is 6.75. The lowest BCUT2D eigenvalue weighted by atomic mass is 10.1. The summed E-state index contributed by atoms with van der Waals surface area (Å²) in [6.45, 7) is 7.84. The van der Waals surface area contributed by atoms with E-state index in [0.29, 0.717) is 18.0 Å². The Hall–Kier alpha value is -2.40. The Bertz CT molecular complexity index is 652. The third-order valence-corrected chi connectivity index (χ3v) is 3.99. The molecule has 0 bridgehead atoms. The Morgan fingerprint density at radius 2 is 1.79 bits per heavy atom. The summed E-state index contributed by atoms with van der Waals surface area (Å²) >= 11 is 0. The Morgan fingerprint density at radius 3 is 2.42 bits per heavy atom. The van der Waals surface area contributed by atoms with Crippen molar-refractivity contribution in [2.24, 2.45) is 0 Å². The average Bonchev–Trinajstić information content (AvgIpc) is 2.65. The third kappa shape index (κ3) is 4.80. The van der Waals surface area contributed by atoms with E-state index in [1.807, 2.05) is 0 Å². The number of carbonyl (C=O) groups is 1. The molecule has 5 nitrogen and oxygen atoms in total. The van der Waals surface area contributed by atoms with Crippen molar-refractivity contribution in [2.75, 3.05) is 20.2 Å². The van der Waals surface area contributed by atoms with E-state index < -0.39 is 0 Å². The van der Waals surface area contributed by atoms with E-state index in [2.05, 4.69) is 53.3 Å². The van der Waals surface area contributed by atoms with Gasteiger partial charge in [0.2, 0.25) is 5.88 Å². The van der Waals surface area contributed by atoms with Crippen LogP contribution in [0.1, 0.15) is 35.3 Å². The largest absolute Gasteiger partial charge is 0.480 e. The Balaban J connectivity index is 1.93. The van der Waals surface area contributed by atoms with E-state index in [1.54, 1.807) is 18.3 Å². The summed E-state index contributed by atoms with van der Waals surface area (Å²) in [5.74, 6) is 0.150. The number of amides is 1. The summed E-state index contributed by atoms with van der Waals surface area (Å²) in [7, 11) is 1.51. The molecule has 0 fully saturated rings. The fourth-order valence-electron chi connectivity index (χ4n) is 2.47. The van der Waals surface area contributed by atoms with E-state index in [9.17, 15) is 4.79 Å². The smallest absolute Gasteiger partial charge is 0.257 e. The van der Waals surface area contributed by atoms with E-state index in [4.69, 9.17) is 4.74 Å². The first kappa shape index (κ1) is 17.9. The van der Waals surface area contributed by atoms with Gasteiger partial charge >= 0.3 is 0 Å². The standard InChI is InChI=1S/C19H25N3O2/c1-4-22(5-2)14-16-10-8-15(9-11-16)13-21-18(23)17-7-6-12-20-19(17)24-3/h6-12H,4-5,13-14H2,1-3H3,(H,21,23). The van der Waals surface area contributed by atoms with Crippen LogP contribution in [-0.4, -0.2) is 36.0 Å². The Morgan fingerprint density at radius 1 is 1.12 bits per heavy atom. The minimum atomic E-state index is -0.188. The minimum absolute atomic E-state index is 0.188. The van der Waals surface area contributed by atoms with Crippen LogP contribution in [0.15, 0.2) is 42.6 Å². The molecule has 2 rings (SSSR count). The van der Waals surface area contributed by atoms with Crippen LogP contribution < -0.4 is 10.1 Å². The van der Waals surface area contributed by atoms with Crippen LogP contribution in [0.5, 0.6) is 5.88 Å². The maximum atomic E-state index is 12.3. The summed E-state index contributed by atoms with van der Waals surface area (Å²) in [4.78, 5) is 18.7. The summed E-state index contributed by atoms with van der Waals surface area (Å²) < 4.78 is 5.12. The highest BCUT2D eigenvalue weighted by molar-refractivity contribution is 5.96. The van der Waals surface area contributed by atoms with Gasteiger partial charge in [0.15, 0.2) is 0 Å². The van der Waals surface area contributed by atoms with Crippen molar-refractivity contribution in [2.45, 2.75) is 26.9 Å². The van der Waals surface area contributed by atoms with Crippen molar-refractivity contribution < 1.29 is 9.53 Å². The van der Waals surface area contributed by atoms with Crippen LogP contribution in [0.4, 0.5) is 0 Å². The second kappa shape index (κ2) is 9.03. The van der Waals surface area contributed by atoms with Crippen LogP contribution in [-0.2, 0) is 13.1 Å². The molecule has 128 valence electrons. The maximum Gasteiger partial charge on any atom is 0.257 e. The van der Waals surface area contributed by atoms with Crippen LogP contribution >= 0.6 is 0 Å². The number of nitrogens with one attached hydrogen (secondary N) is 1. The fourth-order valence-corrected chi connectivity index (χ4v) is 2.47. The molecule has 1 amide bonds. The van der Waals surface area contributed by atoms with Crippen molar-refractivity contribution >= 4 is 5.91 Å². The molecule has 0 unspecified atom stereocenters. The molecule has 0 atom stereocenters. The number of hydrogen-bond donors (Lipinski definition) is 1. The highest BCUT2D eigenvalue weighted by Crippen LogP contribution is 2.13. The lowest BCUT2D eigenvalue weighted by molar-refractivity contribution is 0.0947. The monoisotopic (exact) mass is 327 g/mol. The molecule has 0 aliphatic heterocycles. The van der Waals surface area contributed by atoms with E-state index in [1.165, 1.54) is 12.7 Å². The van der Waals surface area contributed by atoms with Crippen molar-refractivity contribution in [3.63, 3.8) is 0 Å². The summed E-state index contributed by atoms with van der Waals surface area (Å²) in [6, 6.07) is 11.8. The molecular formula is C19H25N3O2. The topological polar surface area (TPSA) is 54.5 Å². The molecule has 0 aliphatic carbocycles. The van der Waals surface area contributed by atoms with Crippen molar-refractivity contribution in [3.05, 3.63) is 59.3 Å². The van der Waals surface area contributed by atoms with Crippen LogP contribution in [0.25, 0.3) is 0 Å². The lowest BCUT2D eigenvalue weighted by Gasteiger charge is -2.18. The fraction of sp³-hybridized carbons (Fsp3) is 0.368. The number of nitrogens with zero attached hydrogens (tertiary/aromatic N) is 2. The van der Waals surface area contributed by atoms with E-state index in [0.717, 1.165) is 25.2 Å². The molecule has 0 spiro atoms. The quantitative estimate of drug-likeness (QED) is 0.810. The van der Waals surface area contributed by atoms with Gasteiger partial charge in [0.1, 0.15) is 5.56 Å². The molecule has 0 radical (unpaired) electrons. The van der Waals surface area contributed by atoms with Crippen LogP contribution in [0, 0.1) is 0 Å². The predicted molar refractivity (Wildman–Crippen MR) is 95.0 cm³/mol. The van der Waals surface area contributed by atoms with E-state index in [-0.39, 0.29) is 5.91 Å². The van der Waals surface area contributed by atoms with Gasteiger partial charge in [-0.3, -0.25) is 9.69 Å². The summed E-state index contributed by atoms with van der Waals surface area (Å²) in [5, 5.41) is 2.90. The third-order valence-electron chi connectivity index (χ3n) is 3.99. The zero-order valence-electron chi connectivity index (χ0n) is 14.6. The molecule has 1 N–H and O–H groups in total. The molecule has 1 aromatic carbocycles. The molecule has 1 heterocycles. The number of carbonyl (C=O) groups excluding carboxylic acids is 1. The van der Waals surface area contributed by atoms with Gasteiger partial charge in [-0.2, -0.15) is 0 Å². The number of pyridine rings is 1. The normalized spacial score (nSPS) is 10.7. The lowest BCUT2D eigenvalue weighted by Crippen LogP contribution is -2.24. The predicted octanol–water partition coefficient (Wildman–Crippen LogP) is 2.86. The molecule has 0 saturated carbocycles. The van der Waals surface area contributed by atoms with Crippen LogP contribution in [0.2, 0.25) is 0 Å². The van der Waals surface area contributed by atoms with Gasteiger partial charge in [0, 0.05) is 19.3 Å². The molecule has 5 heteroatoms. The van der Waals surface area contributed by atoms with Crippen molar-refractivity contribution in [1.82, 2.24) is 15.2 Å². The van der Waals surface area contributed by atoms with Crippen molar-refractivity contribution in [1.29, 1.82) is 0 Å². The highest BCUT2D eigenvalue weighted by atomic mass is 16.5. The number of benzene rings is 1. The zero-order valence-corrected chi connectivity index (χ0v) is 14.6. The van der Waals surface area contributed by atoms with Gasteiger partial charge in [-0.1, -0.05) is 38.1 Å². The van der Waals surface area contributed by atoms with Gasteiger partial charge in [0.25, 0.3) is 5.91 Å². The SMILES string of the molecule is CCN(CC)Cc1ccc(CNC(=O)c2cccnc2OC)cc1. The average molecular weight is 327 g/mol. The molecule has 0 aliphatic rings. The first-order chi connectivity index (χ1) is 11.7. The summed E-state index contributed by atoms with van der Waals surface area (Å²) in [6.07, 6.45) is 1.60. The number of hydrogen-bond acceptors (Lipinski definition) is 4. The van der Waals surface area contributed by atoms with Crippen LogP contribution in [0.3, 0.4) is 0 Å². The first-order valence-electron chi connectivity index (χ1n) is 8.25. The van der Waals surface area contributed by atoms with E-state index >= 15 is 0 Å². The molecule has 1 aromatic heterocycles. The summed E-state index contributed by atoms with van der Waals surface area (Å²) in [5.41, 5.74) is 2.79. The number of aromatic nitrogens is 1. The number of methoxy groups -OCH3 is 1. The molecule has 0 saturated heterocycles. The van der Waals surface area contributed by atoms with Gasteiger partial charge in [-0.05, 0) is 36.3 Å². The minimum Gasteiger partial charge on any atom is -0.480 e. The first-order valence-corrected chi connectivity index (χ1v) is 8.25. The Labute approximate surface area is 143 Å². The zero-order chi connectivity index (χ0) is 17.4. The van der Waals surface area contributed by atoms with Gasteiger partial charge in [0.05, 0.1) is 7.11 Å². The number of rotatable bonds is 8. The molecule has 24 heavy (non-hydrogen) atoms. The second-order valence-electron chi connectivity index (χ2n) is 5.52. The second-order valence-corrected chi connectivity index (χ2v) is 5.52. The number of ether oxygens (including phenoxy) is 1. The van der Waals surface area contributed by atoms with Gasteiger partial charge in [-0.15, -0.1) is 0 Å². The van der Waals surface area contributed by atoms with Crippen molar-refractivity contribution in [3.8, 4) is 5.88 Å². The van der Waals surface area contributed by atoms with Gasteiger partial charge < -0.3 is 10.1 Å². The highest BCUT2D eigenvalue weighted by Gasteiger charge is 2.12. The molecular weight excluding hydrogens is 302 g/mol.